The summed E-state index contributed by atoms with van der Waals surface area (Å²) in [5.74, 6) is 0.819. The fourth-order valence-electron chi connectivity index (χ4n) is 3.38. The molecule has 116 valence electrons. The van der Waals surface area contributed by atoms with Crippen molar-refractivity contribution >= 4 is 5.91 Å². The minimum atomic E-state index is 0.0829. The number of hydrogen-bond donors (Lipinski definition) is 1. The van der Waals surface area contributed by atoms with Gasteiger partial charge in [-0.25, -0.2) is 4.68 Å². The Morgan fingerprint density at radius 1 is 1.57 bits per heavy atom. The number of methoxy groups -OCH3 is 1. The first-order valence-electron chi connectivity index (χ1n) is 7.40. The molecule has 1 aliphatic heterocycles. The SMILES string of the molecule is COC[C@@H]1[C@H](NC(=O)CCCn2cnnn2)[C@@H]2CCO[C@H]12. The molecule has 1 aromatic heterocycles. The number of carbonyl (C=O) groups excluding carboxylic acids is 1. The van der Waals surface area contributed by atoms with Gasteiger partial charge in [-0.2, -0.15) is 0 Å². The van der Waals surface area contributed by atoms with Gasteiger partial charge in [0.25, 0.3) is 0 Å². The molecule has 0 unspecified atom stereocenters. The molecule has 2 heterocycles. The molecule has 8 nitrogen and oxygen atoms in total. The lowest BCUT2D eigenvalue weighted by Gasteiger charge is -2.47. The van der Waals surface area contributed by atoms with Gasteiger partial charge in [0.1, 0.15) is 6.33 Å². The molecule has 0 spiro atoms. The normalized spacial score (nSPS) is 30.7. The van der Waals surface area contributed by atoms with Gasteiger partial charge in [0.2, 0.25) is 5.91 Å². The average molecular weight is 295 g/mol. The van der Waals surface area contributed by atoms with Crippen molar-refractivity contribution in [2.24, 2.45) is 11.8 Å². The van der Waals surface area contributed by atoms with Crippen molar-refractivity contribution in [1.29, 1.82) is 0 Å². The van der Waals surface area contributed by atoms with E-state index in [1.54, 1.807) is 18.1 Å². The Labute approximate surface area is 123 Å². The van der Waals surface area contributed by atoms with E-state index in [-0.39, 0.29) is 24.0 Å². The van der Waals surface area contributed by atoms with Crippen LogP contribution in [0, 0.1) is 11.8 Å². The summed E-state index contributed by atoms with van der Waals surface area (Å²) in [4.78, 5) is 12.1. The fourth-order valence-corrected chi connectivity index (χ4v) is 3.38. The Hall–Kier alpha value is -1.54. The van der Waals surface area contributed by atoms with Crippen molar-refractivity contribution in [2.45, 2.75) is 38.0 Å². The van der Waals surface area contributed by atoms with Crippen LogP contribution in [0.3, 0.4) is 0 Å². The second-order valence-electron chi connectivity index (χ2n) is 5.68. The Balaban J connectivity index is 1.43. The molecule has 0 bridgehead atoms. The number of nitrogens with zero attached hydrogens (tertiary/aromatic N) is 4. The smallest absolute Gasteiger partial charge is 0.220 e. The summed E-state index contributed by atoms with van der Waals surface area (Å²) in [6, 6.07) is 0.193. The van der Waals surface area contributed by atoms with Crippen LogP contribution in [0.15, 0.2) is 6.33 Å². The van der Waals surface area contributed by atoms with E-state index in [0.717, 1.165) is 19.4 Å². The average Bonchev–Trinajstić information content (AvgIpc) is 3.12. The molecule has 2 aliphatic rings. The molecule has 0 radical (unpaired) electrons. The Morgan fingerprint density at radius 2 is 2.48 bits per heavy atom. The van der Waals surface area contributed by atoms with Gasteiger partial charge in [-0.05, 0) is 23.3 Å². The summed E-state index contributed by atoms with van der Waals surface area (Å²) >= 11 is 0. The molecule has 0 aromatic carbocycles. The molecule has 1 amide bonds. The van der Waals surface area contributed by atoms with Crippen LogP contribution in [0.5, 0.6) is 0 Å². The third-order valence-electron chi connectivity index (χ3n) is 4.40. The predicted molar refractivity (Wildman–Crippen MR) is 72.2 cm³/mol. The molecular weight excluding hydrogens is 274 g/mol. The maximum absolute atomic E-state index is 12.1. The molecule has 21 heavy (non-hydrogen) atoms. The van der Waals surface area contributed by atoms with E-state index in [1.807, 2.05) is 0 Å². The monoisotopic (exact) mass is 295 g/mol. The van der Waals surface area contributed by atoms with Crippen molar-refractivity contribution in [2.75, 3.05) is 20.3 Å². The first-order valence-corrected chi connectivity index (χ1v) is 7.40. The number of rotatable bonds is 7. The summed E-state index contributed by atoms with van der Waals surface area (Å²) in [5, 5.41) is 14.0. The number of nitrogens with one attached hydrogen (secondary N) is 1. The largest absolute Gasteiger partial charge is 0.384 e. The Bertz CT molecular complexity index is 466. The minimum Gasteiger partial charge on any atom is -0.384 e. The summed E-state index contributed by atoms with van der Waals surface area (Å²) in [6.07, 6.45) is 4.05. The van der Waals surface area contributed by atoms with Gasteiger partial charge in [0.15, 0.2) is 0 Å². The van der Waals surface area contributed by atoms with E-state index in [1.165, 1.54) is 0 Å². The fraction of sp³-hybridized carbons (Fsp3) is 0.846. The highest BCUT2D eigenvalue weighted by Gasteiger charge is 2.54. The topological polar surface area (TPSA) is 91.2 Å². The second kappa shape index (κ2) is 6.48. The molecule has 1 aromatic rings. The summed E-state index contributed by atoms with van der Waals surface area (Å²) in [5.41, 5.74) is 0. The molecule has 1 saturated carbocycles. The van der Waals surface area contributed by atoms with E-state index in [2.05, 4.69) is 20.8 Å². The third kappa shape index (κ3) is 3.06. The lowest BCUT2D eigenvalue weighted by Crippen LogP contribution is -2.62. The van der Waals surface area contributed by atoms with Crippen molar-refractivity contribution in [3.63, 3.8) is 0 Å². The van der Waals surface area contributed by atoms with E-state index < -0.39 is 0 Å². The highest BCUT2D eigenvalue weighted by Crippen LogP contribution is 2.43. The Morgan fingerprint density at radius 3 is 3.24 bits per heavy atom. The van der Waals surface area contributed by atoms with Crippen LogP contribution in [0.1, 0.15) is 19.3 Å². The number of fused-ring (bicyclic) bond motifs is 1. The lowest BCUT2D eigenvalue weighted by atomic mass is 9.67. The zero-order valence-electron chi connectivity index (χ0n) is 12.1. The van der Waals surface area contributed by atoms with Gasteiger partial charge in [0, 0.05) is 44.6 Å². The van der Waals surface area contributed by atoms with Gasteiger partial charge in [0.05, 0.1) is 12.7 Å². The quantitative estimate of drug-likeness (QED) is 0.737. The molecular formula is C13H21N5O3. The second-order valence-corrected chi connectivity index (χ2v) is 5.68. The molecule has 3 rings (SSSR count). The van der Waals surface area contributed by atoms with Crippen LogP contribution in [-0.2, 0) is 20.8 Å². The first kappa shape index (κ1) is 14.4. The molecule has 2 fully saturated rings. The van der Waals surface area contributed by atoms with Crippen molar-refractivity contribution < 1.29 is 14.3 Å². The maximum atomic E-state index is 12.1. The van der Waals surface area contributed by atoms with Crippen LogP contribution >= 0.6 is 0 Å². The van der Waals surface area contributed by atoms with E-state index in [0.29, 0.717) is 25.5 Å². The van der Waals surface area contributed by atoms with Gasteiger partial charge < -0.3 is 14.8 Å². The number of tetrazole rings is 1. The predicted octanol–water partition coefficient (Wildman–Crippen LogP) is -0.381. The number of ether oxygens (including phenoxy) is 2. The van der Waals surface area contributed by atoms with Gasteiger partial charge in [-0.15, -0.1) is 5.10 Å². The highest BCUT2D eigenvalue weighted by molar-refractivity contribution is 5.76. The summed E-state index contributed by atoms with van der Waals surface area (Å²) in [7, 11) is 1.69. The van der Waals surface area contributed by atoms with E-state index in [4.69, 9.17) is 9.47 Å². The van der Waals surface area contributed by atoms with E-state index >= 15 is 0 Å². The molecule has 4 atom stereocenters. The van der Waals surface area contributed by atoms with Crippen molar-refractivity contribution in [3.05, 3.63) is 6.33 Å². The van der Waals surface area contributed by atoms with Crippen LogP contribution < -0.4 is 5.32 Å². The van der Waals surface area contributed by atoms with Crippen LogP contribution in [0.2, 0.25) is 0 Å². The number of aromatic nitrogens is 4. The Kier molecular flexibility index (Phi) is 4.45. The lowest BCUT2D eigenvalue weighted by molar-refractivity contribution is -0.129. The van der Waals surface area contributed by atoms with Crippen LogP contribution in [0.25, 0.3) is 0 Å². The van der Waals surface area contributed by atoms with Crippen molar-refractivity contribution in [1.82, 2.24) is 25.5 Å². The number of carbonyl (C=O) groups is 1. The van der Waals surface area contributed by atoms with Crippen molar-refractivity contribution in [3.8, 4) is 0 Å². The molecule has 1 aliphatic carbocycles. The van der Waals surface area contributed by atoms with Crippen LogP contribution in [0.4, 0.5) is 0 Å². The third-order valence-corrected chi connectivity index (χ3v) is 4.40. The number of hydrogen-bond acceptors (Lipinski definition) is 6. The van der Waals surface area contributed by atoms with Gasteiger partial charge >= 0.3 is 0 Å². The maximum Gasteiger partial charge on any atom is 0.220 e. The van der Waals surface area contributed by atoms with Crippen LogP contribution in [-0.4, -0.2) is 58.6 Å². The molecule has 1 saturated heterocycles. The zero-order chi connectivity index (χ0) is 14.7. The van der Waals surface area contributed by atoms with Gasteiger partial charge in [-0.3, -0.25) is 4.79 Å². The first-order chi connectivity index (χ1) is 10.3. The van der Waals surface area contributed by atoms with E-state index in [9.17, 15) is 4.79 Å². The standard InChI is InChI=1S/C13H21N5O3/c1-20-7-10-12(9-4-6-21-13(9)10)15-11(19)3-2-5-18-8-14-16-17-18/h8-10,12-13H,2-7H2,1H3,(H,15,19)/t9-,10+,12+,13-/m0/s1. The molecule has 8 heteroatoms. The summed E-state index contributed by atoms with van der Waals surface area (Å²) < 4.78 is 12.6. The zero-order valence-corrected chi connectivity index (χ0v) is 12.1. The highest BCUT2D eigenvalue weighted by atomic mass is 16.5. The minimum absolute atomic E-state index is 0.0829. The van der Waals surface area contributed by atoms with Gasteiger partial charge in [-0.1, -0.05) is 0 Å². The summed E-state index contributed by atoms with van der Waals surface area (Å²) in [6.45, 7) is 2.08. The molecule has 1 N–H and O–H groups in total. The number of aryl methyl sites for hydroxylation is 1. The number of amides is 1.